The molecule has 158 valence electrons. The Morgan fingerprint density at radius 2 is 1.14 bits per heavy atom. The van der Waals surface area contributed by atoms with Gasteiger partial charge in [-0.05, 0) is 43.0 Å². The van der Waals surface area contributed by atoms with E-state index in [2.05, 4.69) is 20.8 Å². The Labute approximate surface area is 171 Å². The average molecular weight is 391 g/mol. The third-order valence-corrected chi connectivity index (χ3v) is 4.68. The molecule has 0 fully saturated rings. The van der Waals surface area contributed by atoms with Crippen LogP contribution in [0.5, 0.6) is 11.5 Å². The van der Waals surface area contributed by atoms with E-state index in [9.17, 15) is 9.59 Å². The first-order valence-electron chi connectivity index (χ1n) is 11.0. The minimum Gasteiger partial charge on any atom is -0.427 e. The number of carbonyl (C=O) groups is 2. The highest BCUT2D eigenvalue weighted by atomic mass is 16.5. The minimum atomic E-state index is -0.214. The second-order valence-corrected chi connectivity index (χ2v) is 7.93. The largest absolute Gasteiger partial charge is 0.427 e. The second-order valence-electron chi connectivity index (χ2n) is 7.93. The Morgan fingerprint density at radius 3 is 1.61 bits per heavy atom. The lowest BCUT2D eigenvalue weighted by atomic mass is 10.0. The van der Waals surface area contributed by atoms with Gasteiger partial charge in [0.05, 0.1) is 0 Å². The first kappa shape index (κ1) is 24.2. The van der Waals surface area contributed by atoms with Crippen LogP contribution in [0, 0.1) is 5.92 Å². The quantitative estimate of drug-likeness (QED) is 0.187. The van der Waals surface area contributed by atoms with Crippen molar-refractivity contribution in [1.29, 1.82) is 0 Å². The minimum absolute atomic E-state index is 0.206. The van der Waals surface area contributed by atoms with Crippen LogP contribution in [0.15, 0.2) is 24.3 Å². The molecule has 1 aromatic carbocycles. The van der Waals surface area contributed by atoms with Crippen molar-refractivity contribution in [1.82, 2.24) is 0 Å². The van der Waals surface area contributed by atoms with Crippen molar-refractivity contribution in [3.63, 3.8) is 0 Å². The number of benzene rings is 1. The van der Waals surface area contributed by atoms with Gasteiger partial charge < -0.3 is 9.47 Å². The molecule has 0 amide bonds. The van der Waals surface area contributed by atoms with Gasteiger partial charge in [0.2, 0.25) is 0 Å². The predicted octanol–water partition coefficient (Wildman–Crippen LogP) is 6.85. The lowest BCUT2D eigenvalue weighted by Crippen LogP contribution is -2.09. The Morgan fingerprint density at radius 1 is 0.714 bits per heavy atom. The SMILES string of the molecule is CCCCCCC(=O)Oc1ccc(OC(=O)CCCCCCCC(C)C)cc1. The van der Waals surface area contributed by atoms with E-state index in [0.717, 1.165) is 44.4 Å². The van der Waals surface area contributed by atoms with Crippen LogP contribution in [0.25, 0.3) is 0 Å². The van der Waals surface area contributed by atoms with Crippen molar-refractivity contribution in [3.8, 4) is 11.5 Å². The standard InChI is InChI=1S/C24H38O4/c1-4-5-6-11-14-23(25)27-21-16-18-22(19-17-21)28-24(26)15-12-9-7-8-10-13-20(2)3/h16-20H,4-15H2,1-3H3. The third-order valence-electron chi connectivity index (χ3n) is 4.68. The monoisotopic (exact) mass is 390 g/mol. The van der Waals surface area contributed by atoms with Crippen molar-refractivity contribution in [2.75, 3.05) is 0 Å². The highest BCUT2D eigenvalue weighted by molar-refractivity contribution is 5.73. The summed E-state index contributed by atoms with van der Waals surface area (Å²) < 4.78 is 10.6. The number of carbonyl (C=O) groups excluding carboxylic acids is 2. The zero-order valence-corrected chi connectivity index (χ0v) is 18.0. The summed E-state index contributed by atoms with van der Waals surface area (Å²) in [5, 5.41) is 0. The van der Waals surface area contributed by atoms with E-state index < -0.39 is 0 Å². The molecule has 4 nitrogen and oxygen atoms in total. The van der Waals surface area contributed by atoms with Crippen LogP contribution in [0.1, 0.15) is 97.8 Å². The van der Waals surface area contributed by atoms with Crippen LogP contribution in [0.4, 0.5) is 0 Å². The Balaban J connectivity index is 2.17. The van der Waals surface area contributed by atoms with E-state index in [1.54, 1.807) is 24.3 Å². The molecule has 0 radical (unpaired) electrons. The maximum absolute atomic E-state index is 11.9. The normalized spacial score (nSPS) is 10.9. The topological polar surface area (TPSA) is 52.6 Å². The first-order valence-corrected chi connectivity index (χ1v) is 11.0. The fourth-order valence-electron chi connectivity index (χ4n) is 2.99. The maximum atomic E-state index is 11.9. The maximum Gasteiger partial charge on any atom is 0.311 e. The first-order chi connectivity index (χ1) is 13.5. The predicted molar refractivity (Wildman–Crippen MR) is 114 cm³/mol. The van der Waals surface area contributed by atoms with Gasteiger partial charge >= 0.3 is 11.9 Å². The molecule has 0 aliphatic rings. The van der Waals surface area contributed by atoms with E-state index in [-0.39, 0.29) is 11.9 Å². The molecule has 0 aromatic heterocycles. The van der Waals surface area contributed by atoms with Gasteiger partial charge in [0.25, 0.3) is 0 Å². The second kappa shape index (κ2) is 15.1. The molecule has 0 aliphatic heterocycles. The van der Waals surface area contributed by atoms with Crippen molar-refractivity contribution in [2.24, 2.45) is 5.92 Å². The molecule has 1 rings (SSSR count). The zero-order chi connectivity index (χ0) is 20.6. The van der Waals surface area contributed by atoms with Gasteiger partial charge in [-0.1, -0.05) is 72.1 Å². The molecule has 0 unspecified atom stereocenters. The van der Waals surface area contributed by atoms with Crippen molar-refractivity contribution in [2.45, 2.75) is 97.8 Å². The van der Waals surface area contributed by atoms with Crippen LogP contribution < -0.4 is 9.47 Å². The number of unbranched alkanes of at least 4 members (excludes halogenated alkanes) is 7. The van der Waals surface area contributed by atoms with Gasteiger partial charge in [0.1, 0.15) is 11.5 Å². The third kappa shape index (κ3) is 12.5. The van der Waals surface area contributed by atoms with Crippen LogP contribution in [0.2, 0.25) is 0 Å². The number of hydrogen-bond acceptors (Lipinski definition) is 4. The van der Waals surface area contributed by atoms with E-state index in [4.69, 9.17) is 9.47 Å². The summed E-state index contributed by atoms with van der Waals surface area (Å²) >= 11 is 0. The Bertz CT molecular complexity index is 548. The molecular formula is C24H38O4. The lowest BCUT2D eigenvalue weighted by molar-refractivity contribution is -0.135. The summed E-state index contributed by atoms with van der Waals surface area (Å²) in [5.41, 5.74) is 0. The summed E-state index contributed by atoms with van der Waals surface area (Å²) in [6, 6.07) is 6.68. The van der Waals surface area contributed by atoms with Gasteiger partial charge in [-0.3, -0.25) is 9.59 Å². The average Bonchev–Trinajstić information content (AvgIpc) is 2.66. The molecule has 0 bridgehead atoms. The Hall–Kier alpha value is -1.84. The van der Waals surface area contributed by atoms with Crippen LogP contribution in [0.3, 0.4) is 0 Å². The summed E-state index contributed by atoms with van der Waals surface area (Å²) in [6.07, 6.45) is 12.0. The Kier molecular flexibility index (Phi) is 13.1. The van der Waals surface area contributed by atoms with Crippen molar-refractivity contribution >= 4 is 11.9 Å². The zero-order valence-electron chi connectivity index (χ0n) is 18.0. The molecule has 0 saturated heterocycles. The summed E-state index contributed by atoms with van der Waals surface area (Å²) in [7, 11) is 0. The molecule has 0 heterocycles. The van der Waals surface area contributed by atoms with Gasteiger partial charge in [-0.25, -0.2) is 0 Å². The molecule has 1 aromatic rings. The molecule has 4 heteroatoms. The van der Waals surface area contributed by atoms with Gasteiger partial charge in [0.15, 0.2) is 0 Å². The molecule has 0 saturated carbocycles. The molecule has 0 aliphatic carbocycles. The number of hydrogen-bond donors (Lipinski definition) is 0. The molecule has 0 atom stereocenters. The number of esters is 2. The number of ether oxygens (including phenoxy) is 2. The van der Waals surface area contributed by atoms with E-state index >= 15 is 0 Å². The van der Waals surface area contributed by atoms with Crippen molar-refractivity contribution in [3.05, 3.63) is 24.3 Å². The van der Waals surface area contributed by atoms with Gasteiger partial charge in [-0.15, -0.1) is 0 Å². The molecule has 0 spiro atoms. The fraction of sp³-hybridized carbons (Fsp3) is 0.667. The summed E-state index contributed by atoms with van der Waals surface area (Å²) in [5.74, 6) is 1.33. The van der Waals surface area contributed by atoms with Gasteiger partial charge in [-0.2, -0.15) is 0 Å². The molecule has 28 heavy (non-hydrogen) atoms. The van der Waals surface area contributed by atoms with E-state index in [1.165, 1.54) is 25.7 Å². The summed E-state index contributed by atoms with van der Waals surface area (Å²) in [6.45, 7) is 6.64. The highest BCUT2D eigenvalue weighted by Gasteiger charge is 2.07. The van der Waals surface area contributed by atoms with Gasteiger partial charge in [0, 0.05) is 12.8 Å². The fourth-order valence-corrected chi connectivity index (χ4v) is 2.99. The highest BCUT2D eigenvalue weighted by Crippen LogP contribution is 2.19. The molecule has 0 N–H and O–H groups in total. The van der Waals surface area contributed by atoms with Crippen LogP contribution >= 0.6 is 0 Å². The van der Waals surface area contributed by atoms with E-state index in [1.807, 2.05) is 0 Å². The molecular weight excluding hydrogens is 352 g/mol. The van der Waals surface area contributed by atoms with Crippen LogP contribution in [-0.2, 0) is 9.59 Å². The lowest BCUT2D eigenvalue weighted by Gasteiger charge is -2.07. The number of rotatable bonds is 15. The summed E-state index contributed by atoms with van der Waals surface area (Å²) in [4.78, 5) is 23.7. The van der Waals surface area contributed by atoms with Crippen molar-refractivity contribution < 1.29 is 19.1 Å². The smallest absolute Gasteiger partial charge is 0.311 e. The van der Waals surface area contributed by atoms with Crippen LogP contribution in [-0.4, -0.2) is 11.9 Å². The van der Waals surface area contributed by atoms with E-state index in [0.29, 0.717) is 24.3 Å².